The Morgan fingerprint density at radius 1 is 0.930 bits per heavy atom. The lowest BCUT2D eigenvalue weighted by Crippen LogP contribution is -2.35. The smallest absolute Gasteiger partial charge is 0.264 e. The highest BCUT2D eigenvalue weighted by atomic mass is 32.2. The first-order valence-corrected chi connectivity index (χ1v) is 18.1. The van der Waals surface area contributed by atoms with E-state index in [1.165, 1.54) is 0 Å². The van der Waals surface area contributed by atoms with Gasteiger partial charge in [-0.05, 0) is 73.2 Å². The van der Waals surface area contributed by atoms with Gasteiger partial charge in [0, 0.05) is 31.2 Å². The molecule has 0 bridgehead atoms. The first-order valence-electron chi connectivity index (χ1n) is 14.1. The zero-order valence-corrected chi connectivity index (χ0v) is 26.5. The minimum atomic E-state index is -4.03. The van der Waals surface area contributed by atoms with E-state index in [0.717, 1.165) is 48.6 Å². The molecule has 228 valence electrons. The van der Waals surface area contributed by atoms with Gasteiger partial charge in [0.05, 0.1) is 17.2 Å². The van der Waals surface area contributed by atoms with Gasteiger partial charge in [0.2, 0.25) is 11.4 Å². The maximum Gasteiger partial charge on any atom is 0.264 e. The number of hydrogen-bond donors (Lipinski definition) is 2. The number of nitrogens with zero attached hydrogens (tertiary/aromatic N) is 2. The summed E-state index contributed by atoms with van der Waals surface area (Å²) in [4.78, 5) is 2.04. The zero-order chi connectivity index (χ0) is 30.8. The molecule has 2 N–H and O–H groups in total. The molecule has 0 unspecified atom stereocenters. The number of fused-ring (bicyclic) bond motifs is 3. The van der Waals surface area contributed by atoms with Gasteiger partial charge < -0.3 is 9.64 Å². The first-order chi connectivity index (χ1) is 20.4. The van der Waals surface area contributed by atoms with Crippen molar-refractivity contribution in [3.63, 3.8) is 0 Å². The van der Waals surface area contributed by atoms with E-state index >= 15 is 0 Å². The fourth-order valence-electron chi connectivity index (χ4n) is 5.22. The van der Waals surface area contributed by atoms with Crippen LogP contribution < -0.4 is 14.2 Å². The van der Waals surface area contributed by atoms with Crippen molar-refractivity contribution in [2.24, 2.45) is 0 Å². The van der Waals surface area contributed by atoms with Crippen molar-refractivity contribution in [1.82, 2.24) is 0 Å². The molecule has 0 atom stereocenters. The maximum absolute atomic E-state index is 11.3. The van der Waals surface area contributed by atoms with Crippen LogP contribution in [0, 0.1) is 6.92 Å². The molecule has 1 aromatic heterocycles. The van der Waals surface area contributed by atoms with Crippen LogP contribution in [0.4, 0.5) is 5.69 Å². The number of hydrogen-bond acceptors (Lipinski definition) is 7. The van der Waals surface area contributed by atoms with Gasteiger partial charge in [-0.3, -0.25) is 9.11 Å². The van der Waals surface area contributed by atoms with Crippen LogP contribution in [-0.4, -0.2) is 44.0 Å². The third kappa shape index (κ3) is 8.01. The molecule has 0 spiro atoms. The number of unbranched alkanes of at least 4 members (excludes halogenated alkanes) is 2. The van der Waals surface area contributed by atoms with Gasteiger partial charge in [0.15, 0.2) is 12.3 Å². The van der Waals surface area contributed by atoms with E-state index in [0.29, 0.717) is 44.7 Å². The molecule has 1 aliphatic rings. The van der Waals surface area contributed by atoms with E-state index in [1.54, 1.807) is 11.3 Å². The summed E-state index contributed by atoms with van der Waals surface area (Å²) in [6.07, 6.45) is 5.84. The number of benzene rings is 3. The Morgan fingerprint density at radius 3 is 2.30 bits per heavy atom. The summed E-state index contributed by atoms with van der Waals surface area (Å²) >= 11 is 1.65. The minimum absolute atomic E-state index is 0.266. The number of allylic oxidation sites excluding steroid dienone is 2. The molecule has 5 rings (SSSR count). The van der Waals surface area contributed by atoms with Crippen LogP contribution in [0.3, 0.4) is 0 Å². The summed E-state index contributed by atoms with van der Waals surface area (Å²) in [5.41, 5.74) is 4.04. The Hall–Kier alpha value is -3.29. The second-order valence-corrected chi connectivity index (χ2v) is 15.0. The van der Waals surface area contributed by atoms with E-state index in [-0.39, 0.29) is 11.5 Å². The predicted octanol–water partition coefficient (Wildman–Crippen LogP) is 6.13. The number of aryl methyl sites for hydroxylation is 2. The van der Waals surface area contributed by atoms with E-state index in [9.17, 15) is 16.8 Å². The van der Waals surface area contributed by atoms with E-state index in [1.807, 2.05) is 55.2 Å². The van der Waals surface area contributed by atoms with Crippen molar-refractivity contribution in [3.8, 4) is 5.75 Å². The van der Waals surface area contributed by atoms with Gasteiger partial charge >= 0.3 is 0 Å². The Labute approximate surface area is 256 Å². The van der Waals surface area contributed by atoms with Crippen molar-refractivity contribution in [2.45, 2.75) is 46.1 Å². The van der Waals surface area contributed by atoms with Gasteiger partial charge in [0.1, 0.15) is 4.70 Å². The van der Waals surface area contributed by atoms with Crippen LogP contribution in [0.25, 0.3) is 27.1 Å². The van der Waals surface area contributed by atoms with Crippen molar-refractivity contribution in [1.29, 1.82) is 0 Å². The SMILES string of the molecule is CC(=C/c1sc2cc(C)ccc2[n+]1CCCCS(=O)(=O)O)/C=C1/Oc2cc3ccccc3cc2N1CCCCS(=O)(=O)O. The summed E-state index contributed by atoms with van der Waals surface area (Å²) in [5.74, 6) is 0.791. The fourth-order valence-corrected chi connectivity index (χ4v) is 7.65. The monoisotopic (exact) mass is 643 g/mol. The Morgan fingerprint density at radius 2 is 1.60 bits per heavy atom. The van der Waals surface area contributed by atoms with Crippen molar-refractivity contribution in [2.75, 3.05) is 23.0 Å². The predicted molar refractivity (Wildman–Crippen MR) is 172 cm³/mol. The largest absolute Gasteiger partial charge is 0.439 e. The summed E-state index contributed by atoms with van der Waals surface area (Å²) in [6, 6.07) is 18.4. The van der Waals surface area contributed by atoms with Crippen LogP contribution in [-0.2, 0) is 26.8 Å². The summed E-state index contributed by atoms with van der Waals surface area (Å²) in [7, 11) is -8.03. The summed E-state index contributed by atoms with van der Waals surface area (Å²) in [6.45, 7) is 5.15. The first kappa shape index (κ1) is 31.1. The zero-order valence-electron chi connectivity index (χ0n) is 24.1. The highest BCUT2D eigenvalue weighted by Crippen LogP contribution is 2.42. The maximum atomic E-state index is 11.3. The minimum Gasteiger partial charge on any atom is -0.439 e. The summed E-state index contributed by atoms with van der Waals surface area (Å²) in [5, 5.41) is 3.12. The number of ether oxygens (including phenoxy) is 1. The van der Waals surface area contributed by atoms with Gasteiger partial charge in [-0.15, -0.1) is 0 Å². The Balaban J connectivity index is 1.46. The van der Waals surface area contributed by atoms with Gasteiger partial charge in [-0.2, -0.15) is 21.4 Å². The van der Waals surface area contributed by atoms with E-state index in [4.69, 9.17) is 13.8 Å². The van der Waals surface area contributed by atoms with Gasteiger partial charge in [-0.1, -0.05) is 41.7 Å². The molecule has 0 saturated heterocycles. The highest BCUT2D eigenvalue weighted by Gasteiger charge is 2.27. The fraction of sp³-hybridized carbons (Fsp3) is 0.323. The molecule has 4 aromatic rings. The average molecular weight is 644 g/mol. The second kappa shape index (κ2) is 12.7. The lowest BCUT2D eigenvalue weighted by molar-refractivity contribution is -0.669. The highest BCUT2D eigenvalue weighted by molar-refractivity contribution is 7.86. The molecule has 43 heavy (non-hydrogen) atoms. The van der Waals surface area contributed by atoms with Crippen molar-refractivity contribution < 1.29 is 35.2 Å². The Bertz CT molecular complexity index is 1940. The lowest BCUT2D eigenvalue weighted by atomic mass is 10.1. The van der Waals surface area contributed by atoms with E-state index in [2.05, 4.69) is 34.9 Å². The van der Waals surface area contributed by atoms with Crippen molar-refractivity contribution in [3.05, 3.63) is 82.7 Å². The van der Waals surface area contributed by atoms with Crippen LogP contribution in [0.5, 0.6) is 5.75 Å². The Kier molecular flexibility index (Phi) is 9.23. The normalized spacial score (nSPS) is 15.0. The molecule has 2 heterocycles. The average Bonchev–Trinajstić information content (AvgIpc) is 3.42. The topological polar surface area (TPSA) is 125 Å². The third-order valence-electron chi connectivity index (χ3n) is 7.26. The van der Waals surface area contributed by atoms with Crippen LogP contribution >= 0.6 is 11.3 Å². The van der Waals surface area contributed by atoms with Crippen LogP contribution in [0.15, 0.2) is 72.1 Å². The van der Waals surface area contributed by atoms with Gasteiger partial charge in [0.25, 0.3) is 25.2 Å². The summed E-state index contributed by atoms with van der Waals surface area (Å²) < 4.78 is 72.9. The van der Waals surface area contributed by atoms with E-state index < -0.39 is 20.2 Å². The number of aromatic nitrogens is 1. The number of rotatable bonds is 12. The van der Waals surface area contributed by atoms with Crippen molar-refractivity contribution >= 4 is 64.3 Å². The molecule has 0 saturated carbocycles. The number of anilines is 1. The molecule has 0 radical (unpaired) electrons. The standard InChI is InChI=1S/C31H34N2O7S3/c1-22-11-12-26-29(17-22)41-31(33(26)14-6-8-16-43(37,38)39)19-23(2)18-30-32(13-5-7-15-42(34,35)36)27-20-24-9-3-4-10-25(24)21-28(27)40-30/h3-4,9-12,17-21H,5-8,13-16H2,1-2H3,(H-,34,35,36,37,38,39)/p+1. The molecule has 3 aromatic carbocycles. The molecule has 0 amide bonds. The van der Waals surface area contributed by atoms with Crippen LogP contribution in [0.1, 0.15) is 43.2 Å². The molecule has 0 fully saturated rings. The second-order valence-electron chi connectivity index (χ2n) is 10.8. The molecular weight excluding hydrogens is 609 g/mol. The van der Waals surface area contributed by atoms with Crippen LogP contribution in [0.2, 0.25) is 0 Å². The molecular formula is C31H35N2O7S3+. The molecule has 12 heteroatoms. The van der Waals surface area contributed by atoms with Gasteiger partial charge in [-0.25, -0.2) is 0 Å². The lowest BCUT2D eigenvalue weighted by Gasteiger charge is -2.18. The molecule has 9 nitrogen and oxygen atoms in total. The molecule has 0 aliphatic carbocycles. The quantitative estimate of drug-likeness (QED) is 0.107. The molecule has 1 aliphatic heterocycles. The number of thiazole rings is 1. The third-order valence-corrected chi connectivity index (χ3v) is 9.96.